The minimum Gasteiger partial charge on any atom is -0.480 e. The van der Waals surface area contributed by atoms with Gasteiger partial charge in [0, 0.05) is 25.2 Å². The van der Waals surface area contributed by atoms with Crippen LogP contribution in [0.25, 0.3) is 16.7 Å². The number of aromatic nitrogens is 4. The Bertz CT molecular complexity index is 1140. The van der Waals surface area contributed by atoms with E-state index in [9.17, 15) is 9.59 Å². The van der Waals surface area contributed by atoms with Crippen LogP contribution in [0.4, 0.5) is 0 Å². The molecule has 1 aliphatic rings. The lowest BCUT2D eigenvalue weighted by Crippen LogP contribution is -2.24. The van der Waals surface area contributed by atoms with E-state index in [1.165, 1.54) is 16.7 Å². The summed E-state index contributed by atoms with van der Waals surface area (Å²) in [6.45, 7) is 0.694. The summed E-state index contributed by atoms with van der Waals surface area (Å²) >= 11 is 0. The van der Waals surface area contributed by atoms with Gasteiger partial charge in [0.2, 0.25) is 5.88 Å². The molecule has 10 nitrogen and oxygen atoms in total. The van der Waals surface area contributed by atoms with Crippen molar-refractivity contribution in [3.8, 4) is 23.9 Å². The molecule has 3 N–H and O–H groups in total. The summed E-state index contributed by atoms with van der Waals surface area (Å²) in [6.07, 6.45) is 5.27. The minimum atomic E-state index is -0.722. The Balaban J connectivity index is 0.000000269. The van der Waals surface area contributed by atoms with Crippen molar-refractivity contribution in [2.75, 3.05) is 20.7 Å². The van der Waals surface area contributed by atoms with Crippen LogP contribution in [0.2, 0.25) is 0 Å². The predicted molar refractivity (Wildman–Crippen MR) is 108 cm³/mol. The van der Waals surface area contributed by atoms with Gasteiger partial charge in [-0.15, -0.1) is 16.6 Å². The van der Waals surface area contributed by atoms with Gasteiger partial charge in [-0.2, -0.15) is 5.10 Å². The number of primary amides is 1. The molecule has 0 radical (unpaired) electrons. The molecule has 3 heterocycles. The molecule has 10 heteroatoms. The van der Waals surface area contributed by atoms with Crippen molar-refractivity contribution < 1.29 is 19.4 Å². The third-order valence-corrected chi connectivity index (χ3v) is 4.51. The monoisotopic (exact) mass is 408 g/mol. The highest BCUT2D eigenvalue weighted by Crippen LogP contribution is 2.23. The van der Waals surface area contributed by atoms with Gasteiger partial charge in [-0.25, -0.2) is 4.68 Å². The summed E-state index contributed by atoms with van der Waals surface area (Å²) in [5, 5.41) is 21.4. The van der Waals surface area contributed by atoms with E-state index in [1.54, 1.807) is 37.4 Å². The van der Waals surface area contributed by atoms with E-state index in [4.69, 9.17) is 22.0 Å². The fourth-order valence-corrected chi connectivity index (χ4v) is 2.89. The summed E-state index contributed by atoms with van der Waals surface area (Å²) in [6, 6.07) is 8.70. The van der Waals surface area contributed by atoms with Gasteiger partial charge in [-0.3, -0.25) is 9.59 Å². The van der Waals surface area contributed by atoms with Crippen LogP contribution < -0.4 is 10.5 Å². The number of fused-ring (bicyclic) bond motifs is 1. The van der Waals surface area contributed by atoms with Crippen LogP contribution in [0.3, 0.4) is 0 Å². The van der Waals surface area contributed by atoms with Gasteiger partial charge in [0.15, 0.2) is 11.3 Å². The number of benzene rings is 1. The molecule has 1 aromatic carbocycles. The van der Waals surface area contributed by atoms with Gasteiger partial charge in [0.25, 0.3) is 11.8 Å². The molecular weight excluding hydrogens is 388 g/mol. The molecule has 30 heavy (non-hydrogen) atoms. The standard InChI is InChI=1S/C15H11N5O2.C5H9NO2/c1-3-9-5-4-6-10(7-9)20-15-11(13(19-20)14(16)21)8-12(22-2)17-18-15;1-6-3-2-4(7)5(6)8/h1,4-8H,2H3,(H2,16,21);4,7H,2-3H2,1H3. The van der Waals surface area contributed by atoms with Crippen LogP contribution >= 0.6 is 0 Å². The second kappa shape index (κ2) is 8.59. The Morgan fingerprint density at radius 3 is 2.67 bits per heavy atom. The summed E-state index contributed by atoms with van der Waals surface area (Å²) < 4.78 is 6.49. The van der Waals surface area contributed by atoms with Crippen molar-refractivity contribution in [1.29, 1.82) is 0 Å². The molecule has 2 aromatic heterocycles. The second-order valence-corrected chi connectivity index (χ2v) is 6.51. The Hall–Kier alpha value is -3.97. The van der Waals surface area contributed by atoms with Gasteiger partial charge in [0.1, 0.15) is 6.10 Å². The maximum Gasteiger partial charge on any atom is 0.269 e. The number of nitrogens with two attached hydrogens (primary N) is 1. The molecule has 3 aromatic rings. The van der Waals surface area contributed by atoms with Crippen LogP contribution in [0.15, 0.2) is 30.3 Å². The lowest BCUT2D eigenvalue weighted by Gasteiger charge is -2.04. The average Bonchev–Trinajstić information content (AvgIpc) is 3.29. The summed E-state index contributed by atoms with van der Waals surface area (Å²) in [4.78, 5) is 23.7. The fourth-order valence-electron chi connectivity index (χ4n) is 2.89. The molecule has 1 aliphatic heterocycles. The van der Waals surface area contributed by atoms with Crippen molar-refractivity contribution in [3.05, 3.63) is 41.6 Å². The number of hydrogen-bond acceptors (Lipinski definition) is 7. The zero-order valence-electron chi connectivity index (χ0n) is 16.4. The quantitative estimate of drug-likeness (QED) is 0.587. The van der Waals surface area contributed by atoms with E-state index < -0.39 is 12.0 Å². The van der Waals surface area contributed by atoms with E-state index in [0.717, 1.165) is 0 Å². The number of carbonyl (C=O) groups excluding carboxylic acids is 2. The number of methoxy groups -OCH3 is 1. The molecule has 154 valence electrons. The van der Waals surface area contributed by atoms with Crippen molar-refractivity contribution in [3.63, 3.8) is 0 Å². The molecule has 0 spiro atoms. The molecule has 0 bridgehead atoms. The van der Waals surface area contributed by atoms with Gasteiger partial charge < -0.3 is 20.5 Å². The first-order valence-electron chi connectivity index (χ1n) is 8.96. The third-order valence-electron chi connectivity index (χ3n) is 4.51. The highest BCUT2D eigenvalue weighted by molar-refractivity contribution is 6.03. The highest BCUT2D eigenvalue weighted by atomic mass is 16.5. The SMILES string of the molecule is C#Cc1cccc(-n2nc(C(N)=O)c3cc(OC)nnc32)c1.CN1CCC(O)C1=O. The average molecular weight is 408 g/mol. The first-order chi connectivity index (χ1) is 14.3. The molecule has 2 amide bonds. The summed E-state index contributed by atoms with van der Waals surface area (Å²) in [5.41, 5.74) is 7.21. The maximum atomic E-state index is 11.6. The number of carbonyl (C=O) groups is 2. The number of aliphatic hydroxyl groups is 1. The number of likely N-dealkylation sites (N-methyl/N-ethyl adjacent to an activating group) is 1. The number of ether oxygens (including phenoxy) is 1. The normalized spacial score (nSPS) is 15.5. The van der Waals surface area contributed by atoms with E-state index >= 15 is 0 Å². The second-order valence-electron chi connectivity index (χ2n) is 6.51. The van der Waals surface area contributed by atoms with Crippen molar-refractivity contribution in [2.45, 2.75) is 12.5 Å². The smallest absolute Gasteiger partial charge is 0.269 e. The van der Waals surface area contributed by atoms with E-state index in [-0.39, 0.29) is 17.5 Å². The number of amides is 2. The van der Waals surface area contributed by atoms with Gasteiger partial charge in [-0.1, -0.05) is 12.0 Å². The topological polar surface area (TPSA) is 136 Å². The fraction of sp³-hybridized carbons (Fsp3) is 0.250. The van der Waals surface area contributed by atoms with Crippen molar-refractivity contribution >= 4 is 22.8 Å². The van der Waals surface area contributed by atoms with Crippen LogP contribution in [0.5, 0.6) is 5.88 Å². The summed E-state index contributed by atoms with van der Waals surface area (Å²) in [5.74, 6) is 2.01. The molecule has 1 fully saturated rings. The maximum absolute atomic E-state index is 11.6. The Morgan fingerprint density at radius 1 is 1.37 bits per heavy atom. The summed E-state index contributed by atoms with van der Waals surface area (Å²) in [7, 11) is 3.15. The number of nitrogens with zero attached hydrogens (tertiary/aromatic N) is 5. The number of hydrogen-bond donors (Lipinski definition) is 2. The van der Waals surface area contributed by atoms with E-state index in [0.29, 0.717) is 35.2 Å². The Labute approximate surface area is 172 Å². The molecular formula is C20H20N6O4. The largest absolute Gasteiger partial charge is 0.480 e. The minimum absolute atomic E-state index is 0.0920. The first-order valence-corrected chi connectivity index (χ1v) is 8.96. The van der Waals surface area contributed by atoms with Gasteiger partial charge in [-0.05, 0) is 24.6 Å². The molecule has 0 aliphatic carbocycles. The Morgan fingerprint density at radius 2 is 2.13 bits per heavy atom. The molecule has 4 rings (SSSR count). The Kier molecular flexibility index (Phi) is 5.94. The van der Waals surface area contributed by atoms with Gasteiger partial charge in [0.05, 0.1) is 18.2 Å². The molecule has 1 saturated heterocycles. The predicted octanol–water partition coefficient (Wildman–Crippen LogP) is 0.114. The molecule has 1 unspecified atom stereocenters. The number of likely N-dealkylation sites (tertiary alicyclic amines) is 1. The van der Waals surface area contributed by atoms with Gasteiger partial charge >= 0.3 is 0 Å². The molecule has 0 saturated carbocycles. The van der Waals surface area contributed by atoms with Crippen molar-refractivity contribution in [2.24, 2.45) is 5.73 Å². The van der Waals surface area contributed by atoms with Crippen LogP contribution in [0.1, 0.15) is 22.5 Å². The lowest BCUT2D eigenvalue weighted by molar-refractivity contribution is -0.133. The van der Waals surface area contributed by atoms with Crippen molar-refractivity contribution in [1.82, 2.24) is 24.9 Å². The van der Waals surface area contributed by atoms with Crippen LogP contribution in [0, 0.1) is 12.3 Å². The number of rotatable bonds is 3. The lowest BCUT2D eigenvalue weighted by atomic mass is 10.2. The van der Waals surface area contributed by atoms with E-state index in [2.05, 4.69) is 21.2 Å². The zero-order valence-corrected chi connectivity index (χ0v) is 16.4. The van der Waals surface area contributed by atoms with E-state index in [1.807, 2.05) is 0 Å². The highest BCUT2D eigenvalue weighted by Gasteiger charge is 2.26. The number of terminal acetylenes is 1. The van der Waals surface area contributed by atoms with Crippen LogP contribution in [-0.2, 0) is 4.79 Å². The zero-order chi connectivity index (χ0) is 21.8. The third kappa shape index (κ3) is 4.06. The number of aliphatic hydroxyl groups excluding tert-OH is 1. The molecule has 1 atom stereocenters. The first kappa shape index (κ1) is 20.8. The van der Waals surface area contributed by atoms with Crippen LogP contribution in [-0.4, -0.2) is 68.6 Å².